The fourth-order valence-corrected chi connectivity index (χ4v) is 2.36. The highest BCUT2D eigenvalue weighted by molar-refractivity contribution is 5.86. The molecular weight excluding hydrogens is 268 g/mol. The fraction of sp³-hybridized carbons (Fsp3) is 0.438. The maximum absolute atomic E-state index is 11.2. The van der Waals surface area contributed by atoms with Gasteiger partial charge in [0.25, 0.3) is 0 Å². The molecule has 112 valence electrons. The Labute approximate surface area is 123 Å². The summed E-state index contributed by atoms with van der Waals surface area (Å²) in [5.74, 6) is 0.521. The number of ether oxygens (including phenoxy) is 1. The number of nitrogens with two attached hydrogens (primary N) is 1. The van der Waals surface area contributed by atoms with Gasteiger partial charge in [-0.1, -0.05) is 0 Å². The Bertz CT molecular complexity index is 671. The second-order valence-electron chi connectivity index (χ2n) is 6.18. The van der Waals surface area contributed by atoms with E-state index < -0.39 is 11.5 Å². The van der Waals surface area contributed by atoms with Gasteiger partial charge in [0.2, 0.25) is 0 Å². The van der Waals surface area contributed by atoms with E-state index in [0.717, 1.165) is 28.8 Å². The molecule has 0 amide bonds. The fourth-order valence-electron chi connectivity index (χ4n) is 2.36. The Hall–Kier alpha value is -2.01. The van der Waals surface area contributed by atoms with E-state index in [1.807, 2.05) is 24.4 Å². The minimum absolute atomic E-state index is 0.272. The SMILES string of the molecule is CC(N)(Cc1c[nH]c2ccc(OCC3CC3)cc12)C(=O)O. The lowest BCUT2D eigenvalue weighted by atomic mass is 9.94. The topological polar surface area (TPSA) is 88.3 Å². The van der Waals surface area contributed by atoms with Gasteiger partial charge in [-0.2, -0.15) is 0 Å². The van der Waals surface area contributed by atoms with Crippen molar-refractivity contribution in [2.45, 2.75) is 31.7 Å². The van der Waals surface area contributed by atoms with Crippen LogP contribution >= 0.6 is 0 Å². The van der Waals surface area contributed by atoms with Crippen molar-refractivity contribution < 1.29 is 14.6 Å². The number of nitrogens with one attached hydrogen (secondary N) is 1. The molecule has 1 fully saturated rings. The molecule has 1 heterocycles. The minimum atomic E-state index is -1.28. The lowest BCUT2D eigenvalue weighted by Gasteiger charge is -2.18. The molecule has 4 N–H and O–H groups in total. The highest BCUT2D eigenvalue weighted by atomic mass is 16.5. The third-order valence-corrected chi connectivity index (χ3v) is 3.97. The summed E-state index contributed by atoms with van der Waals surface area (Å²) in [5, 5.41) is 10.1. The molecule has 1 aromatic carbocycles. The van der Waals surface area contributed by atoms with Crippen LogP contribution in [0.15, 0.2) is 24.4 Å². The summed E-state index contributed by atoms with van der Waals surface area (Å²) in [4.78, 5) is 14.3. The molecule has 0 saturated heterocycles. The third-order valence-electron chi connectivity index (χ3n) is 3.97. The number of H-pyrrole nitrogens is 1. The van der Waals surface area contributed by atoms with Gasteiger partial charge in [-0.3, -0.25) is 4.79 Å². The number of rotatable bonds is 6. The van der Waals surface area contributed by atoms with Crippen LogP contribution in [0.4, 0.5) is 0 Å². The van der Waals surface area contributed by atoms with E-state index in [0.29, 0.717) is 5.92 Å². The number of hydrogen-bond donors (Lipinski definition) is 3. The Kier molecular flexibility index (Phi) is 3.37. The van der Waals surface area contributed by atoms with Gasteiger partial charge < -0.3 is 20.6 Å². The number of aliphatic carboxylic acids is 1. The van der Waals surface area contributed by atoms with Crippen LogP contribution in [0.25, 0.3) is 10.9 Å². The summed E-state index contributed by atoms with van der Waals surface area (Å²) < 4.78 is 5.78. The molecule has 2 aromatic rings. The average molecular weight is 288 g/mol. The highest BCUT2D eigenvalue weighted by Crippen LogP contribution is 2.31. The van der Waals surface area contributed by atoms with Crippen LogP contribution in [0, 0.1) is 5.92 Å². The van der Waals surface area contributed by atoms with E-state index in [2.05, 4.69) is 4.98 Å². The largest absolute Gasteiger partial charge is 0.493 e. The summed E-state index contributed by atoms with van der Waals surface area (Å²) in [6.45, 7) is 2.29. The second-order valence-corrected chi connectivity index (χ2v) is 6.18. The third kappa shape index (κ3) is 3.03. The molecule has 1 saturated carbocycles. The molecule has 21 heavy (non-hydrogen) atoms. The number of hydrogen-bond acceptors (Lipinski definition) is 3. The van der Waals surface area contributed by atoms with Crippen LogP contribution in [-0.2, 0) is 11.2 Å². The summed E-state index contributed by atoms with van der Waals surface area (Å²) in [7, 11) is 0. The Morgan fingerprint density at radius 2 is 2.29 bits per heavy atom. The van der Waals surface area contributed by atoms with Crippen LogP contribution in [0.3, 0.4) is 0 Å². The van der Waals surface area contributed by atoms with Gasteiger partial charge in [-0.05, 0) is 49.4 Å². The first-order valence-electron chi connectivity index (χ1n) is 7.21. The number of fused-ring (bicyclic) bond motifs is 1. The van der Waals surface area contributed by atoms with Crippen molar-refractivity contribution in [1.29, 1.82) is 0 Å². The van der Waals surface area contributed by atoms with Crippen molar-refractivity contribution in [2.75, 3.05) is 6.61 Å². The summed E-state index contributed by atoms with van der Waals surface area (Å²) in [6, 6.07) is 5.85. The molecule has 3 rings (SSSR count). The number of carbonyl (C=O) groups is 1. The number of carboxylic acid groups (broad SMARTS) is 1. The molecular formula is C16H20N2O3. The highest BCUT2D eigenvalue weighted by Gasteiger charge is 2.29. The van der Waals surface area contributed by atoms with E-state index in [9.17, 15) is 4.79 Å². The molecule has 1 atom stereocenters. The number of benzene rings is 1. The molecule has 0 bridgehead atoms. The summed E-state index contributed by atoms with van der Waals surface area (Å²) in [5.41, 5.74) is 6.42. The monoisotopic (exact) mass is 288 g/mol. The lowest BCUT2D eigenvalue weighted by molar-refractivity contribution is -0.142. The van der Waals surface area contributed by atoms with Crippen molar-refractivity contribution in [2.24, 2.45) is 11.7 Å². The van der Waals surface area contributed by atoms with Gasteiger partial charge in [-0.15, -0.1) is 0 Å². The van der Waals surface area contributed by atoms with Crippen molar-refractivity contribution in [1.82, 2.24) is 4.98 Å². The zero-order valence-electron chi connectivity index (χ0n) is 12.1. The summed E-state index contributed by atoms with van der Waals surface area (Å²) in [6.07, 6.45) is 4.60. The quantitative estimate of drug-likeness (QED) is 0.761. The molecule has 1 aliphatic rings. The second kappa shape index (κ2) is 5.07. The maximum atomic E-state index is 11.2. The van der Waals surface area contributed by atoms with Crippen LogP contribution < -0.4 is 10.5 Å². The van der Waals surface area contributed by atoms with Crippen LogP contribution in [-0.4, -0.2) is 28.2 Å². The standard InChI is InChI=1S/C16H20N2O3/c1-16(17,15(19)20)7-11-8-18-14-5-4-12(6-13(11)14)21-9-10-2-3-10/h4-6,8,10,18H,2-3,7,9,17H2,1H3,(H,19,20). The molecule has 0 radical (unpaired) electrons. The molecule has 0 aliphatic heterocycles. The van der Waals surface area contributed by atoms with E-state index in [-0.39, 0.29) is 6.42 Å². The minimum Gasteiger partial charge on any atom is -0.493 e. The predicted molar refractivity (Wildman–Crippen MR) is 80.4 cm³/mol. The van der Waals surface area contributed by atoms with Crippen molar-refractivity contribution in [3.63, 3.8) is 0 Å². The van der Waals surface area contributed by atoms with Crippen LogP contribution in [0.5, 0.6) is 5.75 Å². The van der Waals surface area contributed by atoms with Gasteiger partial charge >= 0.3 is 5.97 Å². The Balaban J connectivity index is 1.84. The van der Waals surface area contributed by atoms with E-state index >= 15 is 0 Å². The van der Waals surface area contributed by atoms with Gasteiger partial charge in [0.1, 0.15) is 11.3 Å². The number of carboxylic acids is 1. The van der Waals surface area contributed by atoms with Crippen LogP contribution in [0.2, 0.25) is 0 Å². The first-order valence-corrected chi connectivity index (χ1v) is 7.21. The lowest BCUT2D eigenvalue weighted by Crippen LogP contribution is -2.46. The molecule has 1 aliphatic carbocycles. The maximum Gasteiger partial charge on any atom is 0.323 e. The van der Waals surface area contributed by atoms with Gasteiger partial charge in [0.05, 0.1) is 6.61 Å². The van der Waals surface area contributed by atoms with Crippen LogP contribution in [0.1, 0.15) is 25.3 Å². The van der Waals surface area contributed by atoms with E-state index in [1.165, 1.54) is 19.8 Å². The van der Waals surface area contributed by atoms with E-state index in [1.54, 1.807) is 0 Å². The number of aromatic nitrogens is 1. The van der Waals surface area contributed by atoms with E-state index in [4.69, 9.17) is 15.6 Å². The first kappa shape index (κ1) is 13.9. The van der Waals surface area contributed by atoms with Crippen molar-refractivity contribution >= 4 is 16.9 Å². The number of aromatic amines is 1. The molecule has 1 aromatic heterocycles. The molecule has 1 unspecified atom stereocenters. The first-order chi connectivity index (χ1) is 9.95. The zero-order chi connectivity index (χ0) is 15.0. The molecule has 0 spiro atoms. The van der Waals surface area contributed by atoms with Gasteiger partial charge in [0.15, 0.2) is 0 Å². The smallest absolute Gasteiger partial charge is 0.323 e. The normalized spacial score (nSPS) is 17.6. The van der Waals surface area contributed by atoms with Gasteiger partial charge in [0, 0.05) is 23.5 Å². The van der Waals surface area contributed by atoms with Crippen molar-refractivity contribution in [3.05, 3.63) is 30.0 Å². The van der Waals surface area contributed by atoms with Gasteiger partial charge in [-0.25, -0.2) is 0 Å². The Morgan fingerprint density at radius 1 is 1.52 bits per heavy atom. The zero-order valence-corrected chi connectivity index (χ0v) is 12.1. The predicted octanol–water partition coefficient (Wildman–Crippen LogP) is 2.30. The summed E-state index contributed by atoms with van der Waals surface area (Å²) >= 11 is 0. The average Bonchev–Trinajstić information content (AvgIpc) is 3.19. The Morgan fingerprint density at radius 3 is 2.95 bits per heavy atom. The van der Waals surface area contributed by atoms with Crippen molar-refractivity contribution in [3.8, 4) is 5.75 Å². The molecule has 5 nitrogen and oxygen atoms in total. The molecule has 5 heteroatoms.